The van der Waals surface area contributed by atoms with Gasteiger partial charge in [0.15, 0.2) is 0 Å². The molecule has 0 bridgehead atoms. The molecule has 1 heterocycles. The highest BCUT2D eigenvalue weighted by atomic mass is 16.2. The fraction of sp³-hybridized carbons (Fsp3) is 0.682. The van der Waals surface area contributed by atoms with Gasteiger partial charge in [0.05, 0.1) is 0 Å². The zero-order valence-corrected chi connectivity index (χ0v) is 15.5. The summed E-state index contributed by atoms with van der Waals surface area (Å²) in [4.78, 5) is 17.6. The number of carbonyl (C=O) groups is 1. The van der Waals surface area contributed by atoms with Gasteiger partial charge in [-0.05, 0) is 55.7 Å². The molecule has 4 rings (SSSR count). The van der Waals surface area contributed by atoms with Gasteiger partial charge in [0.25, 0.3) is 5.91 Å². The topological polar surface area (TPSA) is 23.6 Å². The Kier molecular flexibility index (Phi) is 5.40. The average Bonchev–Trinajstić information content (AvgIpc) is 3.49. The molecule has 1 aromatic rings. The first-order valence-corrected chi connectivity index (χ1v) is 10.4. The average molecular weight is 341 g/mol. The van der Waals surface area contributed by atoms with Crippen molar-refractivity contribution in [2.75, 3.05) is 26.2 Å². The summed E-state index contributed by atoms with van der Waals surface area (Å²) in [7, 11) is 0. The molecule has 2 aliphatic carbocycles. The van der Waals surface area contributed by atoms with Crippen LogP contribution in [0.15, 0.2) is 24.3 Å². The van der Waals surface area contributed by atoms with E-state index in [-0.39, 0.29) is 5.91 Å². The van der Waals surface area contributed by atoms with Gasteiger partial charge in [-0.15, -0.1) is 0 Å². The first-order valence-electron chi connectivity index (χ1n) is 10.4. The molecule has 1 aliphatic heterocycles. The number of amides is 1. The third-order valence-electron chi connectivity index (χ3n) is 6.37. The van der Waals surface area contributed by atoms with Crippen LogP contribution in [0.4, 0.5) is 0 Å². The number of benzene rings is 1. The molecule has 0 radical (unpaired) electrons. The molecular weight excluding hydrogens is 308 g/mol. The molecule has 1 aromatic carbocycles. The van der Waals surface area contributed by atoms with E-state index in [1.54, 1.807) is 0 Å². The van der Waals surface area contributed by atoms with E-state index in [0.717, 1.165) is 44.2 Å². The van der Waals surface area contributed by atoms with E-state index >= 15 is 0 Å². The van der Waals surface area contributed by atoms with Crippen molar-refractivity contribution in [2.45, 2.75) is 69.7 Å². The van der Waals surface area contributed by atoms with Crippen LogP contribution in [0.3, 0.4) is 0 Å². The van der Waals surface area contributed by atoms with Gasteiger partial charge in [-0.3, -0.25) is 9.69 Å². The lowest BCUT2D eigenvalue weighted by molar-refractivity contribution is 0.0761. The molecule has 1 amide bonds. The maximum Gasteiger partial charge on any atom is 0.253 e. The minimum Gasteiger partial charge on any atom is -0.337 e. The SMILES string of the molecule is O=C(c1ccc(C2CCCCCC2)cc1)N1CCCN(C2CC2)CC1. The van der Waals surface area contributed by atoms with Crippen LogP contribution in [0.25, 0.3) is 0 Å². The minimum absolute atomic E-state index is 0.227. The predicted molar refractivity (Wildman–Crippen MR) is 102 cm³/mol. The molecule has 3 nitrogen and oxygen atoms in total. The fourth-order valence-corrected chi connectivity index (χ4v) is 4.64. The van der Waals surface area contributed by atoms with E-state index in [4.69, 9.17) is 0 Å². The monoisotopic (exact) mass is 340 g/mol. The summed E-state index contributed by atoms with van der Waals surface area (Å²) in [6.45, 7) is 4.01. The lowest BCUT2D eigenvalue weighted by Gasteiger charge is -2.22. The Balaban J connectivity index is 1.38. The predicted octanol–water partition coefficient (Wildman–Crippen LogP) is 4.43. The lowest BCUT2D eigenvalue weighted by Crippen LogP contribution is -2.35. The van der Waals surface area contributed by atoms with E-state index in [2.05, 4.69) is 34.1 Å². The summed E-state index contributed by atoms with van der Waals surface area (Å²) in [5.41, 5.74) is 2.31. The maximum absolute atomic E-state index is 12.9. The Bertz CT molecular complexity index is 570. The van der Waals surface area contributed by atoms with E-state index in [1.807, 2.05) is 0 Å². The summed E-state index contributed by atoms with van der Waals surface area (Å²) >= 11 is 0. The van der Waals surface area contributed by atoms with E-state index in [1.165, 1.54) is 56.9 Å². The number of rotatable bonds is 3. The van der Waals surface area contributed by atoms with Crippen LogP contribution < -0.4 is 0 Å². The van der Waals surface area contributed by atoms with Gasteiger partial charge < -0.3 is 4.90 Å². The zero-order chi connectivity index (χ0) is 17.1. The molecule has 1 saturated heterocycles. The number of carbonyl (C=O) groups excluding carboxylic acids is 1. The van der Waals surface area contributed by atoms with Crippen molar-refractivity contribution in [1.82, 2.24) is 9.80 Å². The molecule has 136 valence electrons. The van der Waals surface area contributed by atoms with Gasteiger partial charge in [0.1, 0.15) is 0 Å². The second kappa shape index (κ2) is 7.90. The van der Waals surface area contributed by atoms with Crippen molar-refractivity contribution in [1.29, 1.82) is 0 Å². The maximum atomic E-state index is 12.9. The Hall–Kier alpha value is -1.35. The largest absolute Gasteiger partial charge is 0.337 e. The molecule has 3 aliphatic rings. The summed E-state index contributed by atoms with van der Waals surface area (Å²) in [6.07, 6.45) is 12.0. The zero-order valence-electron chi connectivity index (χ0n) is 15.5. The highest BCUT2D eigenvalue weighted by Gasteiger charge is 2.31. The van der Waals surface area contributed by atoms with E-state index in [0.29, 0.717) is 5.92 Å². The Morgan fingerprint density at radius 1 is 0.760 bits per heavy atom. The molecular formula is C22H32N2O. The van der Waals surface area contributed by atoms with Crippen molar-refractivity contribution >= 4 is 5.91 Å². The van der Waals surface area contributed by atoms with E-state index in [9.17, 15) is 4.79 Å². The van der Waals surface area contributed by atoms with Gasteiger partial charge >= 0.3 is 0 Å². The fourth-order valence-electron chi connectivity index (χ4n) is 4.64. The van der Waals surface area contributed by atoms with E-state index < -0.39 is 0 Å². The second-order valence-electron chi connectivity index (χ2n) is 8.22. The van der Waals surface area contributed by atoms with Crippen LogP contribution in [0.5, 0.6) is 0 Å². The highest BCUT2D eigenvalue weighted by Crippen LogP contribution is 2.32. The van der Waals surface area contributed by atoms with Crippen LogP contribution >= 0.6 is 0 Å². The first-order chi connectivity index (χ1) is 12.3. The van der Waals surface area contributed by atoms with Crippen molar-refractivity contribution in [3.8, 4) is 0 Å². The van der Waals surface area contributed by atoms with Crippen molar-refractivity contribution in [3.05, 3.63) is 35.4 Å². The standard InChI is InChI=1S/C22H32N2O/c25-22(24-15-5-14-23(16-17-24)21-12-13-21)20-10-8-19(9-11-20)18-6-3-1-2-4-7-18/h8-11,18,21H,1-7,12-17H2. The molecule has 2 saturated carbocycles. The summed E-state index contributed by atoms with van der Waals surface area (Å²) in [5, 5.41) is 0. The van der Waals surface area contributed by atoms with Crippen LogP contribution in [-0.2, 0) is 0 Å². The van der Waals surface area contributed by atoms with Crippen molar-refractivity contribution < 1.29 is 4.79 Å². The number of hydrogen-bond acceptors (Lipinski definition) is 2. The van der Waals surface area contributed by atoms with Crippen molar-refractivity contribution in [3.63, 3.8) is 0 Å². The molecule has 25 heavy (non-hydrogen) atoms. The number of hydrogen-bond donors (Lipinski definition) is 0. The van der Waals surface area contributed by atoms with Gasteiger partial charge in [-0.1, -0.05) is 37.8 Å². The molecule has 3 heteroatoms. The molecule has 0 aromatic heterocycles. The molecule has 0 N–H and O–H groups in total. The molecule has 3 fully saturated rings. The van der Waals surface area contributed by atoms with Gasteiger partial charge in [-0.2, -0.15) is 0 Å². The summed E-state index contributed by atoms with van der Waals surface area (Å²) in [6, 6.07) is 9.40. The first kappa shape index (κ1) is 17.1. The van der Waals surface area contributed by atoms with Crippen LogP contribution in [0, 0.1) is 0 Å². The molecule has 0 spiro atoms. The quantitative estimate of drug-likeness (QED) is 0.760. The van der Waals surface area contributed by atoms with Gasteiger partial charge in [-0.25, -0.2) is 0 Å². The van der Waals surface area contributed by atoms with Crippen LogP contribution in [0.2, 0.25) is 0 Å². The normalized spacial score (nSPS) is 23.9. The third kappa shape index (κ3) is 4.25. The summed E-state index contributed by atoms with van der Waals surface area (Å²) in [5.74, 6) is 0.932. The Morgan fingerprint density at radius 3 is 2.16 bits per heavy atom. The lowest BCUT2D eigenvalue weighted by atomic mass is 9.91. The Labute approximate surface area is 152 Å². The summed E-state index contributed by atoms with van der Waals surface area (Å²) < 4.78 is 0. The molecule has 0 atom stereocenters. The third-order valence-corrected chi connectivity index (χ3v) is 6.37. The van der Waals surface area contributed by atoms with Gasteiger partial charge in [0, 0.05) is 37.8 Å². The smallest absolute Gasteiger partial charge is 0.253 e. The van der Waals surface area contributed by atoms with Crippen molar-refractivity contribution in [2.24, 2.45) is 0 Å². The van der Waals surface area contributed by atoms with Crippen LogP contribution in [-0.4, -0.2) is 47.9 Å². The molecule has 0 unspecified atom stereocenters. The highest BCUT2D eigenvalue weighted by molar-refractivity contribution is 5.94. The van der Waals surface area contributed by atoms with Crippen LogP contribution in [0.1, 0.15) is 79.6 Å². The number of nitrogens with zero attached hydrogens (tertiary/aromatic N) is 2. The minimum atomic E-state index is 0.227. The van der Waals surface area contributed by atoms with Gasteiger partial charge in [0.2, 0.25) is 0 Å². The Morgan fingerprint density at radius 2 is 1.48 bits per heavy atom. The second-order valence-corrected chi connectivity index (χ2v) is 8.22.